The fourth-order valence-electron chi connectivity index (χ4n) is 3.07. The molecule has 142 valence electrons. The smallest absolute Gasteiger partial charge is 0.269 e. The van der Waals surface area contributed by atoms with Gasteiger partial charge in [0.2, 0.25) is 0 Å². The van der Waals surface area contributed by atoms with E-state index in [0.29, 0.717) is 12.6 Å². The minimum atomic E-state index is -0.394. The SMILES string of the molecule is CN=C(NCc1ccc([N+](=O)[O-])cc1)NC1CCN(c2ccc(Br)cc2)C1. The monoisotopic (exact) mass is 431 g/mol. The number of anilines is 1. The van der Waals surface area contributed by atoms with Crippen molar-refractivity contribution < 1.29 is 4.92 Å². The number of halogens is 1. The molecule has 3 rings (SSSR count). The van der Waals surface area contributed by atoms with Gasteiger partial charge in [-0.3, -0.25) is 15.1 Å². The van der Waals surface area contributed by atoms with Crippen molar-refractivity contribution in [2.45, 2.75) is 19.0 Å². The highest BCUT2D eigenvalue weighted by molar-refractivity contribution is 9.10. The van der Waals surface area contributed by atoms with E-state index < -0.39 is 4.92 Å². The first-order valence-electron chi connectivity index (χ1n) is 8.76. The maximum Gasteiger partial charge on any atom is 0.269 e. The predicted octanol–water partition coefficient (Wildman–Crippen LogP) is 3.30. The Kier molecular flexibility index (Phi) is 6.28. The zero-order chi connectivity index (χ0) is 19.2. The fourth-order valence-corrected chi connectivity index (χ4v) is 3.34. The molecule has 7 nitrogen and oxygen atoms in total. The first kappa shape index (κ1) is 19.2. The van der Waals surface area contributed by atoms with Gasteiger partial charge in [-0.2, -0.15) is 0 Å². The lowest BCUT2D eigenvalue weighted by Crippen LogP contribution is -2.44. The molecule has 2 N–H and O–H groups in total. The van der Waals surface area contributed by atoms with E-state index in [9.17, 15) is 10.1 Å². The highest BCUT2D eigenvalue weighted by atomic mass is 79.9. The van der Waals surface area contributed by atoms with Gasteiger partial charge < -0.3 is 15.5 Å². The Hall–Kier alpha value is -2.61. The Morgan fingerprint density at radius 1 is 1.26 bits per heavy atom. The molecule has 0 radical (unpaired) electrons. The highest BCUT2D eigenvalue weighted by Gasteiger charge is 2.23. The lowest BCUT2D eigenvalue weighted by atomic mass is 10.2. The quantitative estimate of drug-likeness (QED) is 0.328. The molecule has 1 aliphatic heterocycles. The van der Waals surface area contributed by atoms with Crippen LogP contribution in [0.1, 0.15) is 12.0 Å². The van der Waals surface area contributed by atoms with E-state index in [1.807, 2.05) is 0 Å². The van der Waals surface area contributed by atoms with Crippen molar-refractivity contribution in [3.63, 3.8) is 0 Å². The van der Waals surface area contributed by atoms with Crippen molar-refractivity contribution in [1.82, 2.24) is 10.6 Å². The number of nitro benzene ring substituents is 1. The Bertz CT molecular complexity index is 808. The lowest BCUT2D eigenvalue weighted by Gasteiger charge is -2.20. The van der Waals surface area contributed by atoms with Crippen LogP contribution in [-0.2, 0) is 6.54 Å². The highest BCUT2D eigenvalue weighted by Crippen LogP contribution is 2.22. The summed E-state index contributed by atoms with van der Waals surface area (Å²) in [6.45, 7) is 2.47. The van der Waals surface area contributed by atoms with Crippen LogP contribution in [0.15, 0.2) is 58.0 Å². The maximum atomic E-state index is 10.7. The Balaban J connectivity index is 1.50. The lowest BCUT2D eigenvalue weighted by molar-refractivity contribution is -0.384. The maximum absolute atomic E-state index is 10.7. The number of nitro groups is 1. The van der Waals surface area contributed by atoms with Gasteiger partial charge in [0.25, 0.3) is 5.69 Å². The summed E-state index contributed by atoms with van der Waals surface area (Å²) >= 11 is 3.47. The molecule has 1 unspecified atom stereocenters. The molecule has 0 bridgehead atoms. The average molecular weight is 432 g/mol. The van der Waals surface area contributed by atoms with Gasteiger partial charge >= 0.3 is 0 Å². The zero-order valence-electron chi connectivity index (χ0n) is 15.1. The number of hydrogen-bond donors (Lipinski definition) is 2. The van der Waals surface area contributed by atoms with Crippen LogP contribution < -0.4 is 15.5 Å². The van der Waals surface area contributed by atoms with Gasteiger partial charge in [0.05, 0.1) is 4.92 Å². The second kappa shape index (κ2) is 8.85. The first-order valence-corrected chi connectivity index (χ1v) is 9.55. The van der Waals surface area contributed by atoms with E-state index in [-0.39, 0.29) is 5.69 Å². The molecule has 1 atom stereocenters. The number of nitrogens with one attached hydrogen (secondary N) is 2. The molecule has 2 aromatic carbocycles. The molecule has 0 spiro atoms. The molecule has 0 aromatic heterocycles. The third-order valence-electron chi connectivity index (χ3n) is 4.55. The van der Waals surface area contributed by atoms with Crippen LogP contribution in [0.25, 0.3) is 0 Å². The van der Waals surface area contributed by atoms with Crippen LogP contribution >= 0.6 is 15.9 Å². The average Bonchev–Trinajstić information content (AvgIpc) is 3.14. The molecule has 1 saturated heterocycles. The van der Waals surface area contributed by atoms with Crippen LogP contribution in [0.2, 0.25) is 0 Å². The largest absolute Gasteiger partial charge is 0.369 e. The fraction of sp³-hybridized carbons (Fsp3) is 0.316. The van der Waals surface area contributed by atoms with Gasteiger partial charge in [-0.05, 0) is 36.2 Å². The van der Waals surface area contributed by atoms with Gasteiger partial charge in [0.15, 0.2) is 5.96 Å². The van der Waals surface area contributed by atoms with Crippen LogP contribution in [0, 0.1) is 10.1 Å². The third kappa shape index (κ3) is 5.19. The molecule has 0 aliphatic carbocycles. The van der Waals surface area contributed by atoms with Crippen LogP contribution in [0.5, 0.6) is 0 Å². The van der Waals surface area contributed by atoms with E-state index in [2.05, 4.69) is 60.7 Å². The number of aliphatic imine (C=N–C) groups is 1. The van der Waals surface area contributed by atoms with Crippen molar-refractivity contribution in [2.24, 2.45) is 4.99 Å². The van der Waals surface area contributed by atoms with Crippen molar-refractivity contribution >= 4 is 33.3 Å². The first-order chi connectivity index (χ1) is 13.0. The van der Waals surface area contributed by atoms with E-state index in [1.165, 1.54) is 17.8 Å². The van der Waals surface area contributed by atoms with Gasteiger partial charge in [0, 0.05) is 55.0 Å². The van der Waals surface area contributed by atoms with E-state index in [0.717, 1.165) is 35.5 Å². The topological polar surface area (TPSA) is 82.8 Å². The van der Waals surface area contributed by atoms with Crippen molar-refractivity contribution in [3.05, 3.63) is 68.7 Å². The summed E-state index contributed by atoms with van der Waals surface area (Å²) in [6.07, 6.45) is 1.04. The second-order valence-electron chi connectivity index (χ2n) is 6.40. The Morgan fingerprint density at radius 2 is 1.96 bits per heavy atom. The summed E-state index contributed by atoms with van der Waals surface area (Å²) in [5, 5.41) is 17.4. The molecule has 8 heteroatoms. The van der Waals surface area contributed by atoms with E-state index in [4.69, 9.17) is 0 Å². The Labute approximate surface area is 166 Å². The van der Waals surface area contributed by atoms with Crippen molar-refractivity contribution in [1.29, 1.82) is 0 Å². The van der Waals surface area contributed by atoms with Crippen LogP contribution in [0.4, 0.5) is 11.4 Å². The minimum Gasteiger partial charge on any atom is -0.369 e. The molecule has 1 fully saturated rings. The van der Waals surface area contributed by atoms with Gasteiger partial charge in [-0.15, -0.1) is 0 Å². The normalized spacial score (nSPS) is 17.0. The number of hydrogen-bond acceptors (Lipinski definition) is 4. The molecular formula is C19H22BrN5O2. The number of non-ortho nitro benzene ring substituents is 1. The van der Waals surface area contributed by atoms with Crippen molar-refractivity contribution in [2.75, 3.05) is 25.0 Å². The standard InChI is InChI=1S/C19H22BrN5O2/c1-21-19(22-12-14-2-6-18(7-3-14)25(26)27)23-16-10-11-24(13-16)17-8-4-15(20)5-9-17/h2-9,16H,10-13H2,1H3,(H2,21,22,23). The summed E-state index contributed by atoms with van der Waals surface area (Å²) in [7, 11) is 1.74. The van der Waals surface area contributed by atoms with E-state index in [1.54, 1.807) is 19.2 Å². The van der Waals surface area contributed by atoms with Gasteiger partial charge in [0.1, 0.15) is 0 Å². The van der Waals surface area contributed by atoms with Gasteiger partial charge in [-0.1, -0.05) is 28.1 Å². The molecular weight excluding hydrogens is 410 g/mol. The molecule has 2 aromatic rings. The summed E-state index contributed by atoms with van der Waals surface area (Å²) in [6, 6.07) is 15.2. The number of nitrogens with zero attached hydrogens (tertiary/aromatic N) is 3. The number of rotatable bonds is 5. The molecule has 1 heterocycles. The summed E-state index contributed by atoms with van der Waals surface area (Å²) in [5.41, 5.74) is 2.28. The number of benzene rings is 2. The summed E-state index contributed by atoms with van der Waals surface area (Å²) in [5.74, 6) is 0.732. The molecule has 27 heavy (non-hydrogen) atoms. The minimum absolute atomic E-state index is 0.0974. The van der Waals surface area contributed by atoms with E-state index >= 15 is 0 Å². The number of guanidine groups is 1. The van der Waals surface area contributed by atoms with Crippen molar-refractivity contribution in [3.8, 4) is 0 Å². The van der Waals surface area contributed by atoms with Crippen LogP contribution in [0.3, 0.4) is 0 Å². The summed E-state index contributed by atoms with van der Waals surface area (Å²) < 4.78 is 1.08. The van der Waals surface area contributed by atoms with Crippen LogP contribution in [-0.4, -0.2) is 37.1 Å². The molecule has 1 aliphatic rings. The summed E-state index contributed by atoms with van der Waals surface area (Å²) in [4.78, 5) is 17.0. The third-order valence-corrected chi connectivity index (χ3v) is 5.08. The zero-order valence-corrected chi connectivity index (χ0v) is 16.6. The second-order valence-corrected chi connectivity index (χ2v) is 7.32. The van der Waals surface area contributed by atoms with Gasteiger partial charge in [-0.25, -0.2) is 0 Å². The predicted molar refractivity (Wildman–Crippen MR) is 111 cm³/mol. The molecule has 0 saturated carbocycles. The Morgan fingerprint density at radius 3 is 2.59 bits per heavy atom. The molecule has 0 amide bonds.